The maximum absolute atomic E-state index is 13.3. The highest BCUT2D eigenvalue weighted by Gasteiger charge is 2.22. The molecule has 0 atom stereocenters. The Morgan fingerprint density at radius 3 is 2.64 bits per heavy atom. The second-order valence-electron chi connectivity index (χ2n) is 7.09. The maximum atomic E-state index is 13.3. The molecule has 0 aliphatic heterocycles. The SMILES string of the molecule is COC(=O)N(C)N(C)Cc1cc(Cl)cc(C)c1NC(=O)c1cc(Br)nn1-c1ncccc1Cl. The minimum atomic E-state index is -0.525. The number of benzene rings is 1. The van der Waals surface area contributed by atoms with Gasteiger partial charge in [0.2, 0.25) is 0 Å². The zero-order valence-electron chi connectivity index (χ0n) is 18.3. The van der Waals surface area contributed by atoms with Gasteiger partial charge in [-0.2, -0.15) is 5.10 Å². The summed E-state index contributed by atoms with van der Waals surface area (Å²) < 4.78 is 6.57. The van der Waals surface area contributed by atoms with Crippen molar-refractivity contribution < 1.29 is 14.3 Å². The number of methoxy groups -OCH3 is 1. The molecular formula is C21H21BrCl2N6O3. The monoisotopic (exact) mass is 554 g/mol. The molecule has 0 aliphatic carbocycles. The van der Waals surface area contributed by atoms with Crippen LogP contribution in [0.4, 0.5) is 10.5 Å². The Kier molecular flexibility index (Phi) is 7.96. The molecule has 1 N–H and O–H groups in total. The summed E-state index contributed by atoms with van der Waals surface area (Å²) in [6.45, 7) is 2.11. The van der Waals surface area contributed by atoms with Crippen molar-refractivity contribution >= 4 is 56.8 Å². The molecule has 2 amide bonds. The van der Waals surface area contributed by atoms with Gasteiger partial charge >= 0.3 is 6.09 Å². The second-order valence-corrected chi connectivity index (χ2v) is 8.75. The molecule has 0 unspecified atom stereocenters. The summed E-state index contributed by atoms with van der Waals surface area (Å²) in [5, 5.41) is 11.0. The summed E-state index contributed by atoms with van der Waals surface area (Å²) in [5.74, 6) is -0.104. The molecule has 3 rings (SSSR count). The van der Waals surface area contributed by atoms with Gasteiger partial charge in [0.15, 0.2) is 5.82 Å². The number of amides is 2. The minimum absolute atomic E-state index is 0.225. The van der Waals surface area contributed by atoms with Gasteiger partial charge < -0.3 is 10.1 Å². The van der Waals surface area contributed by atoms with E-state index in [1.165, 1.54) is 16.8 Å². The van der Waals surface area contributed by atoms with Crippen LogP contribution in [0.3, 0.4) is 0 Å². The van der Waals surface area contributed by atoms with Crippen LogP contribution in [0, 0.1) is 6.92 Å². The van der Waals surface area contributed by atoms with Gasteiger partial charge in [-0.05, 0) is 58.2 Å². The van der Waals surface area contributed by atoms with E-state index >= 15 is 0 Å². The number of aryl methyl sites for hydroxylation is 1. The standard InChI is InChI=1S/C21H21BrCl2N6O3/c1-12-8-14(23)9-13(11-28(2)29(3)21(32)33-4)18(12)26-20(31)16-10-17(22)27-30(16)19-15(24)6-5-7-25-19/h5-10H,11H2,1-4H3,(H,26,31). The smallest absolute Gasteiger partial charge is 0.423 e. The third-order valence-electron chi connectivity index (χ3n) is 4.82. The van der Waals surface area contributed by atoms with E-state index in [-0.39, 0.29) is 12.2 Å². The first-order valence-corrected chi connectivity index (χ1v) is 11.2. The van der Waals surface area contributed by atoms with Gasteiger partial charge in [0.1, 0.15) is 10.3 Å². The Morgan fingerprint density at radius 2 is 1.97 bits per heavy atom. The third-order valence-corrected chi connectivity index (χ3v) is 5.72. The van der Waals surface area contributed by atoms with E-state index in [2.05, 4.69) is 31.3 Å². The van der Waals surface area contributed by atoms with Crippen molar-refractivity contribution in [1.29, 1.82) is 0 Å². The van der Waals surface area contributed by atoms with E-state index in [4.69, 9.17) is 27.9 Å². The van der Waals surface area contributed by atoms with Crippen molar-refractivity contribution in [2.45, 2.75) is 13.5 Å². The number of aromatic nitrogens is 3. The Bertz CT molecular complexity index is 1200. The van der Waals surface area contributed by atoms with Crippen molar-refractivity contribution in [3.05, 3.63) is 68.0 Å². The molecule has 2 heterocycles. The van der Waals surface area contributed by atoms with Crippen molar-refractivity contribution in [1.82, 2.24) is 24.8 Å². The summed E-state index contributed by atoms with van der Waals surface area (Å²) >= 11 is 15.8. The van der Waals surface area contributed by atoms with Crippen molar-refractivity contribution in [2.75, 3.05) is 26.5 Å². The quantitative estimate of drug-likeness (QED) is 0.433. The molecule has 33 heavy (non-hydrogen) atoms. The van der Waals surface area contributed by atoms with Crippen LogP contribution in [0.1, 0.15) is 21.6 Å². The first kappa shape index (κ1) is 25.0. The molecule has 0 spiro atoms. The molecule has 3 aromatic rings. The van der Waals surface area contributed by atoms with E-state index in [0.717, 1.165) is 5.56 Å². The largest absolute Gasteiger partial charge is 0.452 e. The number of nitrogens with zero attached hydrogens (tertiary/aromatic N) is 5. The van der Waals surface area contributed by atoms with E-state index in [0.29, 0.717) is 31.7 Å². The van der Waals surface area contributed by atoms with Crippen LogP contribution >= 0.6 is 39.1 Å². The average Bonchev–Trinajstić information content (AvgIpc) is 3.16. The number of nitrogens with one attached hydrogen (secondary N) is 1. The molecule has 0 aliphatic rings. The number of halogens is 3. The summed E-state index contributed by atoms with van der Waals surface area (Å²) in [7, 11) is 4.60. The summed E-state index contributed by atoms with van der Waals surface area (Å²) in [6.07, 6.45) is 1.04. The third kappa shape index (κ3) is 5.64. The molecular weight excluding hydrogens is 535 g/mol. The van der Waals surface area contributed by atoms with E-state index in [9.17, 15) is 9.59 Å². The normalized spacial score (nSPS) is 10.9. The lowest BCUT2D eigenvalue weighted by Gasteiger charge is -2.28. The number of rotatable bonds is 6. The van der Waals surface area contributed by atoms with Crippen LogP contribution in [0.25, 0.3) is 5.82 Å². The molecule has 0 bridgehead atoms. The molecule has 1 aromatic carbocycles. The fourth-order valence-electron chi connectivity index (χ4n) is 3.13. The summed E-state index contributed by atoms with van der Waals surface area (Å²) in [5.41, 5.74) is 2.24. The summed E-state index contributed by atoms with van der Waals surface area (Å²) in [4.78, 5) is 29.4. The van der Waals surface area contributed by atoms with Crippen LogP contribution in [-0.4, -0.2) is 58.0 Å². The van der Waals surface area contributed by atoms with E-state index in [1.807, 2.05) is 6.92 Å². The van der Waals surface area contributed by atoms with Crippen molar-refractivity contribution in [3.8, 4) is 5.82 Å². The Hall–Kier alpha value is -2.66. The van der Waals surface area contributed by atoms with Gasteiger partial charge in [0, 0.05) is 43.6 Å². The van der Waals surface area contributed by atoms with Gasteiger partial charge in [0.25, 0.3) is 5.91 Å². The number of hydrogen-bond acceptors (Lipinski definition) is 6. The molecule has 0 radical (unpaired) electrons. The van der Waals surface area contributed by atoms with Crippen LogP contribution in [0.2, 0.25) is 10.0 Å². The fourth-order valence-corrected chi connectivity index (χ4v) is 4.00. The van der Waals surface area contributed by atoms with Gasteiger partial charge in [-0.3, -0.25) is 4.79 Å². The van der Waals surface area contributed by atoms with Crippen LogP contribution in [-0.2, 0) is 11.3 Å². The first-order valence-electron chi connectivity index (χ1n) is 9.62. The molecule has 0 fully saturated rings. The first-order chi connectivity index (χ1) is 15.6. The average molecular weight is 556 g/mol. The topological polar surface area (TPSA) is 92.6 Å². The van der Waals surface area contributed by atoms with E-state index in [1.54, 1.807) is 55.6 Å². The maximum Gasteiger partial charge on any atom is 0.423 e. The number of hydrazine groups is 1. The molecule has 9 nitrogen and oxygen atoms in total. The lowest BCUT2D eigenvalue weighted by Crippen LogP contribution is -2.40. The zero-order chi connectivity index (χ0) is 24.3. The molecule has 2 aromatic heterocycles. The Labute approximate surface area is 209 Å². The Balaban J connectivity index is 1.96. The highest BCUT2D eigenvalue weighted by molar-refractivity contribution is 9.10. The van der Waals surface area contributed by atoms with Gasteiger partial charge in [-0.15, -0.1) is 0 Å². The fraction of sp³-hybridized carbons (Fsp3) is 0.238. The lowest BCUT2D eigenvalue weighted by molar-refractivity contribution is 0.0174. The highest BCUT2D eigenvalue weighted by atomic mass is 79.9. The predicted molar refractivity (Wildman–Crippen MR) is 130 cm³/mol. The number of carbonyl (C=O) groups excluding carboxylic acids is 2. The van der Waals surface area contributed by atoms with Crippen LogP contribution < -0.4 is 5.32 Å². The Morgan fingerprint density at radius 1 is 1.24 bits per heavy atom. The predicted octanol–water partition coefficient (Wildman–Crippen LogP) is 4.94. The molecule has 0 saturated carbocycles. The summed E-state index contributed by atoms with van der Waals surface area (Å²) in [6, 6.07) is 8.40. The molecule has 174 valence electrons. The second kappa shape index (κ2) is 10.5. The molecule has 0 saturated heterocycles. The van der Waals surface area contributed by atoms with Gasteiger partial charge in [-0.1, -0.05) is 23.2 Å². The highest BCUT2D eigenvalue weighted by Crippen LogP contribution is 2.28. The number of pyridine rings is 1. The number of ether oxygens (including phenoxy) is 1. The molecule has 12 heteroatoms. The number of hydrogen-bond donors (Lipinski definition) is 1. The number of carbonyl (C=O) groups is 2. The van der Waals surface area contributed by atoms with E-state index < -0.39 is 12.0 Å². The van der Waals surface area contributed by atoms with Crippen molar-refractivity contribution in [2.24, 2.45) is 0 Å². The van der Waals surface area contributed by atoms with Crippen molar-refractivity contribution in [3.63, 3.8) is 0 Å². The van der Waals surface area contributed by atoms with Gasteiger partial charge in [-0.25, -0.2) is 24.5 Å². The zero-order valence-corrected chi connectivity index (χ0v) is 21.4. The number of anilines is 1. The minimum Gasteiger partial charge on any atom is -0.452 e. The van der Waals surface area contributed by atoms with Gasteiger partial charge in [0.05, 0.1) is 12.1 Å². The lowest BCUT2D eigenvalue weighted by atomic mass is 10.1. The van der Waals surface area contributed by atoms with Crippen LogP contribution in [0.5, 0.6) is 0 Å². The van der Waals surface area contributed by atoms with Crippen LogP contribution in [0.15, 0.2) is 41.1 Å².